The third kappa shape index (κ3) is 1.70. The summed E-state index contributed by atoms with van der Waals surface area (Å²) in [5, 5.41) is 7.23. The van der Waals surface area contributed by atoms with Gasteiger partial charge in [0.25, 0.3) is 0 Å². The summed E-state index contributed by atoms with van der Waals surface area (Å²) in [5.41, 5.74) is 5.39. The number of nitrogens with two attached hydrogens (primary N) is 1. The lowest BCUT2D eigenvalue weighted by Crippen LogP contribution is -2.38. The van der Waals surface area contributed by atoms with Crippen molar-refractivity contribution in [3.8, 4) is 0 Å². The van der Waals surface area contributed by atoms with Crippen molar-refractivity contribution in [3.05, 3.63) is 0 Å². The summed E-state index contributed by atoms with van der Waals surface area (Å²) in [4.78, 5) is 2.23. The van der Waals surface area contributed by atoms with E-state index in [2.05, 4.69) is 11.9 Å². The molecule has 3 N–H and O–H groups in total. The van der Waals surface area contributed by atoms with E-state index in [4.69, 9.17) is 11.1 Å². The van der Waals surface area contributed by atoms with Gasteiger partial charge < -0.3 is 10.6 Å². The minimum absolute atomic E-state index is 0.318. The number of likely N-dealkylation sites (tertiary alicyclic amines) is 1. The maximum absolute atomic E-state index is 7.23. The first-order valence-electron chi connectivity index (χ1n) is 3.72. The van der Waals surface area contributed by atoms with Gasteiger partial charge >= 0.3 is 0 Å². The van der Waals surface area contributed by atoms with Crippen LogP contribution in [-0.2, 0) is 0 Å². The molecule has 0 aromatic rings. The van der Waals surface area contributed by atoms with E-state index in [1.165, 1.54) is 6.42 Å². The minimum atomic E-state index is 0.318. The lowest BCUT2D eigenvalue weighted by atomic mass is 9.98. The normalized spacial score (nSPS) is 28.3. The molecule has 3 heteroatoms. The fourth-order valence-electron chi connectivity index (χ4n) is 1.42. The molecule has 1 saturated heterocycles. The van der Waals surface area contributed by atoms with E-state index in [0.29, 0.717) is 11.8 Å². The number of hydrogen-bond donors (Lipinski definition) is 2. The third-order valence-electron chi connectivity index (χ3n) is 2.06. The molecule has 0 saturated carbocycles. The molecular weight excluding hydrogens is 126 g/mol. The summed E-state index contributed by atoms with van der Waals surface area (Å²) < 4.78 is 0. The van der Waals surface area contributed by atoms with Crippen LogP contribution in [0, 0.1) is 11.3 Å². The summed E-state index contributed by atoms with van der Waals surface area (Å²) in [7, 11) is 2.08. The molecule has 1 atom stereocenters. The highest BCUT2D eigenvalue weighted by molar-refractivity contribution is 5.79. The summed E-state index contributed by atoms with van der Waals surface area (Å²) >= 11 is 0. The van der Waals surface area contributed by atoms with E-state index in [1.807, 2.05) is 0 Å². The van der Waals surface area contributed by atoms with E-state index in [1.54, 1.807) is 0 Å². The Morgan fingerprint density at radius 1 is 1.70 bits per heavy atom. The van der Waals surface area contributed by atoms with E-state index >= 15 is 0 Å². The Bertz CT molecular complexity index is 133. The van der Waals surface area contributed by atoms with E-state index < -0.39 is 0 Å². The zero-order chi connectivity index (χ0) is 7.56. The molecule has 0 bridgehead atoms. The van der Waals surface area contributed by atoms with Crippen molar-refractivity contribution in [2.45, 2.75) is 12.8 Å². The van der Waals surface area contributed by atoms with Gasteiger partial charge in [0, 0.05) is 12.5 Å². The predicted octanol–water partition coefficient (Wildman–Crippen LogP) is 0.264. The zero-order valence-corrected chi connectivity index (χ0v) is 6.43. The van der Waals surface area contributed by atoms with Crippen molar-refractivity contribution in [1.82, 2.24) is 4.90 Å². The highest BCUT2D eigenvalue weighted by atomic mass is 15.1. The summed E-state index contributed by atoms with van der Waals surface area (Å²) in [6.07, 6.45) is 2.28. The van der Waals surface area contributed by atoms with E-state index in [0.717, 1.165) is 19.5 Å². The first-order chi connectivity index (χ1) is 4.70. The van der Waals surface area contributed by atoms with Crippen LogP contribution in [0.5, 0.6) is 0 Å². The van der Waals surface area contributed by atoms with Gasteiger partial charge in [-0.1, -0.05) is 0 Å². The lowest BCUT2D eigenvalue weighted by Gasteiger charge is -2.28. The smallest absolute Gasteiger partial charge is 0.0949 e. The van der Waals surface area contributed by atoms with Crippen molar-refractivity contribution < 1.29 is 0 Å². The van der Waals surface area contributed by atoms with Gasteiger partial charge in [-0.15, -0.1) is 0 Å². The van der Waals surface area contributed by atoms with Crippen molar-refractivity contribution in [3.63, 3.8) is 0 Å². The molecule has 1 heterocycles. The first-order valence-corrected chi connectivity index (χ1v) is 3.72. The van der Waals surface area contributed by atoms with Crippen LogP contribution in [0.1, 0.15) is 12.8 Å². The van der Waals surface area contributed by atoms with Crippen LogP contribution in [0.15, 0.2) is 0 Å². The van der Waals surface area contributed by atoms with Crippen molar-refractivity contribution in [2.24, 2.45) is 11.7 Å². The number of piperidine rings is 1. The van der Waals surface area contributed by atoms with Crippen LogP contribution in [0.25, 0.3) is 0 Å². The first kappa shape index (κ1) is 7.54. The molecular formula is C7H15N3. The topological polar surface area (TPSA) is 53.1 Å². The van der Waals surface area contributed by atoms with Gasteiger partial charge in [-0.25, -0.2) is 0 Å². The molecule has 10 heavy (non-hydrogen) atoms. The third-order valence-corrected chi connectivity index (χ3v) is 2.06. The van der Waals surface area contributed by atoms with Crippen molar-refractivity contribution >= 4 is 5.84 Å². The van der Waals surface area contributed by atoms with Gasteiger partial charge in [-0.2, -0.15) is 0 Å². The highest BCUT2D eigenvalue weighted by Crippen LogP contribution is 2.13. The largest absolute Gasteiger partial charge is 0.387 e. The van der Waals surface area contributed by atoms with E-state index in [-0.39, 0.29) is 0 Å². The molecule has 0 aliphatic carbocycles. The maximum Gasteiger partial charge on any atom is 0.0949 e. The Hall–Kier alpha value is -0.570. The number of nitrogens with zero attached hydrogens (tertiary/aromatic N) is 1. The Morgan fingerprint density at radius 2 is 2.40 bits per heavy atom. The molecule has 1 rings (SSSR count). The molecule has 0 spiro atoms. The minimum Gasteiger partial charge on any atom is -0.387 e. The van der Waals surface area contributed by atoms with Crippen molar-refractivity contribution in [1.29, 1.82) is 5.41 Å². The Kier molecular flexibility index (Phi) is 2.27. The van der Waals surface area contributed by atoms with Crippen LogP contribution in [0.4, 0.5) is 0 Å². The Morgan fingerprint density at radius 3 is 2.80 bits per heavy atom. The second kappa shape index (κ2) is 3.01. The molecule has 58 valence electrons. The standard InChI is InChI=1S/C7H15N3/c1-10-4-2-3-6(5-10)7(8)9/h6H,2-5H2,1H3,(H3,8,9)/t6-/m1/s1. The predicted molar refractivity (Wildman–Crippen MR) is 42.1 cm³/mol. The fourth-order valence-corrected chi connectivity index (χ4v) is 1.42. The van der Waals surface area contributed by atoms with Gasteiger partial charge in [0.05, 0.1) is 5.84 Å². The van der Waals surface area contributed by atoms with Crippen LogP contribution in [0.2, 0.25) is 0 Å². The van der Waals surface area contributed by atoms with Crippen LogP contribution >= 0.6 is 0 Å². The molecule has 1 aliphatic heterocycles. The number of hydrogen-bond acceptors (Lipinski definition) is 2. The summed E-state index contributed by atoms with van der Waals surface area (Å²) in [6.45, 7) is 2.12. The molecule has 1 aliphatic rings. The van der Waals surface area contributed by atoms with Crippen LogP contribution in [0.3, 0.4) is 0 Å². The van der Waals surface area contributed by atoms with Crippen LogP contribution < -0.4 is 5.73 Å². The molecule has 0 radical (unpaired) electrons. The molecule has 0 aromatic heterocycles. The summed E-state index contributed by atoms with van der Waals surface area (Å²) in [5.74, 6) is 0.672. The number of nitrogens with one attached hydrogen (secondary N) is 1. The van der Waals surface area contributed by atoms with Crippen LogP contribution in [-0.4, -0.2) is 30.9 Å². The number of amidine groups is 1. The average molecular weight is 141 g/mol. The SMILES string of the molecule is CN1CCC[C@@H](C(=N)N)C1. The second-order valence-corrected chi connectivity index (χ2v) is 3.06. The lowest BCUT2D eigenvalue weighted by molar-refractivity contribution is 0.245. The molecule has 0 amide bonds. The zero-order valence-electron chi connectivity index (χ0n) is 6.43. The maximum atomic E-state index is 7.23. The van der Waals surface area contributed by atoms with Gasteiger partial charge in [0.2, 0.25) is 0 Å². The Balaban J connectivity index is 2.39. The Labute approximate surface area is 61.7 Å². The average Bonchev–Trinajstić information content (AvgIpc) is 1.88. The van der Waals surface area contributed by atoms with Crippen molar-refractivity contribution in [2.75, 3.05) is 20.1 Å². The molecule has 0 aromatic carbocycles. The highest BCUT2D eigenvalue weighted by Gasteiger charge is 2.18. The van der Waals surface area contributed by atoms with E-state index in [9.17, 15) is 0 Å². The second-order valence-electron chi connectivity index (χ2n) is 3.06. The molecule has 0 unspecified atom stereocenters. The monoisotopic (exact) mass is 141 g/mol. The van der Waals surface area contributed by atoms with Gasteiger partial charge in [0.1, 0.15) is 0 Å². The number of rotatable bonds is 1. The molecule has 3 nitrogen and oxygen atoms in total. The van der Waals surface area contributed by atoms with Gasteiger partial charge in [-0.3, -0.25) is 5.41 Å². The fraction of sp³-hybridized carbons (Fsp3) is 0.857. The summed E-state index contributed by atoms with van der Waals surface area (Å²) in [6, 6.07) is 0. The van der Waals surface area contributed by atoms with Gasteiger partial charge in [-0.05, 0) is 26.4 Å². The van der Waals surface area contributed by atoms with Gasteiger partial charge in [0.15, 0.2) is 0 Å². The molecule has 1 fully saturated rings. The quantitative estimate of drug-likeness (QED) is 0.406.